The predicted molar refractivity (Wildman–Crippen MR) is 32.0 cm³/mol. The van der Waals surface area contributed by atoms with Crippen LogP contribution in [0.3, 0.4) is 0 Å². The van der Waals surface area contributed by atoms with Crippen molar-refractivity contribution in [2.45, 2.75) is 6.92 Å². The fraction of sp³-hybridized carbons (Fsp3) is 0.167. The van der Waals surface area contributed by atoms with Crippen LogP contribution in [-0.4, -0.2) is 6.21 Å². The molecule has 0 fully saturated rings. The van der Waals surface area contributed by atoms with E-state index in [2.05, 4.69) is 11.6 Å². The molecular weight excluding hydrogens is 86.1 g/mol. The van der Waals surface area contributed by atoms with Crippen molar-refractivity contribution in [3.63, 3.8) is 0 Å². The smallest absolute Gasteiger partial charge is 0.166 e. The second-order valence-electron chi connectivity index (χ2n) is 1.06. The quantitative estimate of drug-likeness (QED) is 0.460. The van der Waals surface area contributed by atoms with Crippen LogP contribution in [0.2, 0.25) is 0 Å². The minimum absolute atomic E-state index is 1.62. The highest BCUT2D eigenvalue weighted by molar-refractivity contribution is 5.64. The average Bonchev–Trinajstić information content (AvgIpc) is 1.69. The van der Waals surface area contributed by atoms with Gasteiger partial charge < -0.3 is 0 Å². The summed E-state index contributed by atoms with van der Waals surface area (Å²) >= 11 is 0. The van der Waals surface area contributed by atoms with Gasteiger partial charge in [-0.15, -0.1) is 0 Å². The third-order valence-corrected chi connectivity index (χ3v) is 0.503. The molecule has 0 amide bonds. The second kappa shape index (κ2) is 5.15. The van der Waals surface area contributed by atoms with Crippen molar-refractivity contribution in [2.24, 2.45) is 0 Å². The van der Waals surface area contributed by atoms with E-state index in [9.17, 15) is 0 Å². The first-order chi connectivity index (χ1) is 3.41. The summed E-state index contributed by atoms with van der Waals surface area (Å²) in [4.78, 5) is 2.80. The molecule has 0 aliphatic carbocycles. The summed E-state index contributed by atoms with van der Waals surface area (Å²) in [5, 5.41) is 0. The van der Waals surface area contributed by atoms with Gasteiger partial charge in [0.15, 0.2) is 12.4 Å². The Kier molecular flexibility index (Phi) is 4.52. The third kappa shape index (κ3) is 5.15. The molecule has 0 saturated carbocycles. The highest BCUT2D eigenvalue weighted by Gasteiger charge is 1.60. The predicted octanol–water partition coefficient (Wildman–Crippen LogP) is -0.143. The molecule has 0 heterocycles. The van der Waals surface area contributed by atoms with Crippen molar-refractivity contribution < 1.29 is 4.99 Å². The number of allylic oxidation sites excluding steroid dienone is 2. The molecule has 0 aliphatic heterocycles. The van der Waals surface area contributed by atoms with E-state index in [1.807, 2.05) is 25.3 Å². The maximum absolute atomic E-state index is 3.46. The van der Waals surface area contributed by atoms with Crippen LogP contribution in [0.4, 0.5) is 0 Å². The topological polar surface area (TPSA) is 14.0 Å². The van der Waals surface area contributed by atoms with Gasteiger partial charge >= 0.3 is 0 Å². The zero-order valence-electron chi connectivity index (χ0n) is 4.52. The molecule has 0 radical (unpaired) electrons. The fourth-order valence-corrected chi connectivity index (χ4v) is 0.220. The van der Waals surface area contributed by atoms with Crippen LogP contribution in [0.1, 0.15) is 6.92 Å². The van der Waals surface area contributed by atoms with E-state index in [1.165, 1.54) is 0 Å². The Morgan fingerprint density at radius 3 is 2.71 bits per heavy atom. The molecule has 0 atom stereocenters. The van der Waals surface area contributed by atoms with Crippen LogP contribution < -0.4 is 4.99 Å². The first-order valence-electron chi connectivity index (χ1n) is 2.23. The van der Waals surface area contributed by atoms with Crippen LogP contribution in [0.5, 0.6) is 0 Å². The van der Waals surface area contributed by atoms with E-state index >= 15 is 0 Å². The molecule has 1 nitrogen and oxygen atoms in total. The Morgan fingerprint density at radius 2 is 2.29 bits per heavy atom. The van der Waals surface area contributed by atoms with Gasteiger partial charge in [-0.2, -0.15) is 0 Å². The normalized spacial score (nSPS) is 11.0. The summed E-state index contributed by atoms with van der Waals surface area (Å²) < 4.78 is 0. The highest BCUT2D eigenvalue weighted by atomic mass is 14.6. The Labute approximate surface area is 44.1 Å². The molecule has 0 spiro atoms. The number of hydrogen-bond donors (Lipinski definition) is 1. The molecule has 1 heteroatoms. The van der Waals surface area contributed by atoms with Crippen LogP contribution in [-0.2, 0) is 0 Å². The molecule has 7 heavy (non-hydrogen) atoms. The third-order valence-electron chi connectivity index (χ3n) is 0.503. The molecule has 0 saturated heterocycles. The number of nitrogens with one attached hydrogen (secondary N) is 1. The van der Waals surface area contributed by atoms with Gasteiger partial charge in [-0.05, 0) is 19.6 Å². The van der Waals surface area contributed by atoms with Gasteiger partial charge in [-0.3, -0.25) is 0 Å². The monoisotopic (exact) mass is 96.1 g/mol. The van der Waals surface area contributed by atoms with E-state index in [1.54, 1.807) is 6.20 Å². The van der Waals surface area contributed by atoms with E-state index < -0.39 is 0 Å². The molecule has 0 aromatic carbocycles. The summed E-state index contributed by atoms with van der Waals surface area (Å²) in [7, 11) is 0. The molecule has 38 valence electrons. The van der Waals surface area contributed by atoms with E-state index in [0.29, 0.717) is 0 Å². The summed E-state index contributed by atoms with van der Waals surface area (Å²) in [6.45, 7) is 5.42. The van der Waals surface area contributed by atoms with Crippen LogP contribution in [0.25, 0.3) is 0 Å². The van der Waals surface area contributed by atoms with Crippen molar-refractivity contribution in [3.05, 3.63) is 24.9 Å². The van der Waals surface area contributed by atoms with Gasteiger partial charge in [-0.25, -0.2) is 4.99 Å². The lowest BCUT2D eigenvalue weighted by Gasteiger charge is -1.59. The summed E-state index contributed by atoms with van der Waals surface area (Å²) in [6.07, 6.45) is 7.28. The lowest BCUT2D eigenvalue weighted by Crippen LogP contribution is -2.60. The maximum Gasteiger partial charge on any atom is 0.166 e. The first kappa shape index (κ1) is 6.15. The van der Waals surface area contributed by atoms with E-state index in [-0.39, 0.29) is 0 Å². The molecular formula is C6H10N+. The molecule has 0 bridgehead atoms. The SMILES string of the molecule is C=C[NH+]=C/C=C\C. The Morgan fingerprint density at radius 1 is 1.57 bits per heavy atom. The minimum Gasteiger partial charge on any atom is -0.218 e. The lowest BCUT2D eigenvalue weighted by atomic mass is 10.6. The van der Waals surface area contributed by atoms with Gasteiger partial charge in [0.25, 0.3) is 0 Å². The molecule has 0 aromatic heterocycles. The van der Waals surface area contributed by atoms with Crippen molar-refractivity contribution in [3.8, 4) is 0 Å². The average molecular weight is 96.2 g/mol. The van der Waals surface area contributed by atoms with E-state index in [0.717, 1.165) is 0 Å². The van der Waals surface area contributed by atoms with Crippen molar-refractivity contribution in [1.29, 1.82) is 0 Å². The van der Waals surface area contributed by atoms with Crippen molar-refractivity contribution in [2.75, 3.05) is 0 Å². The minimum atomic E-state index is 1.62. The standard InChI is InChI=1S/C6H9N/c1-3-5-6-7-4-2/h3-6H,2H2,1H3/p+1/b5-3-,7-6?. The highest BCUT2D eigenvalue weighted by Crippen LogP contribution is 1.54. The van der Waals surface area contributed by atoms with Crippen LogP contribution in [0.15, 0.2) is 24.9 Å². The number of rotatable bonds is 2. The summed E-state index contributed by atoms with van der Waals surface area (Å²) in [5.74, 6) is 0. The van der Waals surface area contributed by atoms with E-state index in [4.69, 9.17) is 0 Å². The Balaban J connectivity index is 3.27. The second-order valence-corrected chi connectivity index (χ2v) is 1.06. The largest absolute Gasteiger partial charge is 0.218 e. The zero-order valence-corrected chi connectivity index (χ0v) is 4.52. The van der Waals surface area contributed by atoms with Gasteiger partial charge in [0.1, 0.15) is 0 Å². The van der Waals surface area contributed by atoms with Crippen LogP contribution in [0, 0.1) is 0 Å². The van der Waals surface area contributed by atoms with Crippen LogP contribution >= 0.6 is 0 Å². The summed E-state index contributed by atoms with van der Waals surface area (Å²) in [6, 6.07) is 0. The van der Waals surface area contributed by atoms with Gasteiger partial charge in [0, 0.05) is 0 Å². The molecule has 0 rings (SSSR count). The summed E-state index contributed by atoms with van der Waals surface area (Å²) in [5.41, 5.74) is 0. The zero-order chi connectivity index (χ0) is 5.54. The first-order valence-corrected chi connectivity index (χ1v) is 2.23. The maximum atomic E-state index is 3.46. The van der Waals surface area contributed by atoms with Gasteiger partial charge in [0.05, 0.1) is 0 Å². The Bertz CT molecular complexity index is 90.4. The lowest BCUT2D eigenvalue weighted by molar-refractivity contribution is -0.365. The molecule has 1 N–H and O–H groups in total. The number of hydrogen-bond acceptors (Lipinski definition) is 0. The molecule has 0 aliphatic rings. The van der Waals surface area contributed by atoms with Crippen molar-refractivity contribution >= 4 is 6.21 Å². The fourth-order valence-electron chi connectivity index (χ4n) is 0.220. The Hall–Kier alpha value is -0.850. The molecule has 0 unspecified atom stereocenters. The van der Waals surface area contributed by atoms with Crippen molar-refractivity contribution in [1.82, 2.24) is 0 Å². The molecule has 0 aromatic rings. The van der Waals surface area contributed by atoms with Gasteiger partial charge in [0.2, 0.25) is 0 Å². The van der Waals surface area contributed by atoms with Gasteiger partial charge in [-0.1, -0.05) is 6.08 Å².